The maximum Gasteiger partial charge on any atom is 0.408 e. The lowest BCUT2D eigenvalue weighted by Crippen LogP contribution is -2.57. The first-order valence-corrected chi connectivity index (χ1v) is 14.8. The summed E-state index contributed by atoms with van der Waals surface area (Å²) < 4.78 is 17.1. The van der Waals surface area contributed by atoms with Crippen LogP contribution in [-0.2, 0) is 48.4 Å². The molecule has 0 spiro atoms. The van der Waals surface area contributed by atoms with E-state index < -0.39 is 59.6 Å². The first-order valence-electron chi connectivity index (χ1n) is 14.8. The number of esters is 1. The molecule has 5 amide bonds. The molecule has 2 rings (SSSR count). The molecule has 1 heterocycles. The van der Waals surface area contributed by atoms with Crippen LogP contribution < -0.4 is 27.1 Å². The van der Waals surface area contributed by atoms with Gasteiger partial charge in [-0.05, 0) is 49.1 Å². The van der Waals surface area contributed by atoms with Gasteiger partial charge in [0.1, 0.15) is 31.0 Å². The van der Waals surface area contributed by atoms with E-state index in [1.807, 2.05) is 11.5 Å². The second kappa shape index (κ2) is 18.7. The predicted molar refractivity (Wildman–Crippen MR) is 167 cm³/mol. The lowest BCUT2D eigenvalue weighted by Gasteiger charge is -2.27. The van der Waals surface area contributed by atoms with Crippen molar-refractivity contribution in [3.63, 3.8) is 0 Å². The molecule has 258 valence electrons. The summed E-state index contributed by atoms with van der Waals surface area (Å²) in [6, 6.07) is 4.71. The number of hydrogen-bond acceptors (Lipinski definition) is 12. The number of hydrogen-bond donors (Lipinski definition) is 5. The van der Waals surface area contributed by atoms with Crippen LogP contribution in [0.25, 0.3) is 0 Å². The van der Waals surface area contributed by atoms with E-state index in [2.05, 4.69) is 36.6 Å². The molecule has 0 aliphatic rings. The minimum absolute atomic E-state index is 0.0324. The predicted octanol–water partition coefficient (Wildman–Crippen LogP) is 0.516. The Morgan fingerprint density at radius 1 is 1.04 bits per heavy atom. The zero-order valence-corrected chi connectivity index (χ0v) is 27.4. The van der Waals surface area contributed by atoms with Gasteiger partial charge < -0.3 is 35.9 Å². The summed E-state index contributed by atoms with van der Waals surface area (Å²) in [6.07, 6.45) is 0.122. The van der Waals surface area contributed by atoms with Crippen molar-refractivity contribution in [3.8, 4) is 0 Å². The SMILES string of the molecule is COCn1nnnc1CC[C@H](NC(=O)OCc1ccccc1)C(=O)N[C@H](C(=O)NC(/C=N/NC(N)=O)CC(=O)OC(C)(C)C)C(C)C. The summed E-state index contributed by atoms with van der Waals surface area (Å²) in [4.78, 5) is 63.4. The van der Waals surface area contributed by atoms with Gasteiger partial charge in [0.2, 0.25) is 11.8 Å². The fourth-order valence-electron chi connectivity index (χ4n) is 4.03. The number of aromatic nitrogens is 4. The fraction of sp³-hybridized carbons (Fsp3) is 0.552. The third kappa shape index (κ3) is 14.7. The highest BCUT2D eigenvalue weighted by Gasteiger charge is 2.31. The van der Waals surface area contributed by atoms with Gasteiger partial charge in [-0.2, -0.15) is 5.10 Å². The first kappa shape index (κ1) is 38.1. The Labute approximate surface area is 272 Å². The van der Waals surface area contributed by atoms with E-state index in [9.17, 15) is 24.0 Å². The summed E-state index contributed by atoms with van der Waals surface area (Å²) in [5, 5.41) is 23.0. The topological polar surface area (TPSA) is 243 Å². The number of nitrogens with zero attached hydrogens (tertiary/aromatic N) is 5. The van der Waals surface area contributed by atoms with Crippen LogP contribution in [0.3, 0.4) is 0 Å². The minimum Gasteiger partial charge on any atom is -0.460 e. The molecule has 1 aromatic carbocycles. The van der Waals surface area contributed by atoms with Crippen molar-refractivity contribution in [1.82, 2.24) is 41.6 Å². The van der Waals surface area contributed by atoms with E-state index in [4.69, 9.17) is 19.9 Å². The molecular weight excluding hydrogens is 616 g/mol. The Bertz CT molecular complexity index is 1360. The normalized spacial score (nSPS) is 13.3. The molecule has 1 aromatic heterocycles. The molecule has 1 unspecified atom stereocenters. The van der Waals surface area contributed by atoms with Gasteiger partial charge in [-0.3, -0.25) is 14.4 Å². The highest BCUT2D eigenvalue weighted by Crippen LogP contribution is 2.11. The number of benzene rings is 1. The Morgan fingerprint density at radius 2 is 1.74 bits per heavy atom. The number of hydrazone groups is 1. The standard InChI is InChI=1S/C29H44N10O8/c1-18(2)24(26(42)32-20(15-31-36-27(30)43)14-23(40)47-29(3,4)5)34-25(41)21(12-13-22-35-37-38-39(22)17-45-6)33-28(44)46-16-19-10-8-7-9-11-19/h7-11,15,18,20-21,24H,12-14,16-17H2,1-6H3,(H,32,42)(H,33,44)(H,34,41)(H3,30,36,43)/b31-15+/t20?,21-,24-/m0/s1. The number of primary amides is 1. The van der Waals surface area contributed by atoms with Gasteiger partial charge in [0, 0.05) is 19.7 Å². The third-order valence-corrected chi connectivity index (χ3v) is 6.15. The van der Waals surface area contributed by atoms with Crippen LogP contribution in [-0.4, -0.2) is 87.2 Å². The smallest absolute Gasteiger partial charge is 0.408 e. The number of rotatable bonds is 17. The lowest BCUT2D eigenvalue weighted by molar-refractivity contribution is -0.155. The lowest BCUT2D eigenvalue weighted by atomic mass is 10.0. The van der Waals surface area contributed by atoms with Crippen LogP contribution >= 0.6 is 0 Å². The van der Waals surface area contributed by atoms with Crippen LogP contribution in [0.2, 0.25) is 0 Å². The summed E-state index contributed by atoms with van der Waals surface area (Å²) in [6.45, 7) is 8.50. The monoisotopic (exact) mass is 660 g/mol. The molecule has 18 nitrogen and oxygen atoms in total. The van der Waals surface area contributed by atoms with Crippen LogP contribution in [0.5, 0.6) is 0 Å². The number of alkyl carbamates (subject to hydrolysis) is 1. The number of nitrogens with one attached hydrogen (secondary N) is 4. The Hall–Kier alpha value is -5.13. The van der Waals surface area contributed by atoms with E-state index in [0.717, 1.165) is 11.8 Å². The van der Waals surface area contributed by atoms with E-state index >= 15 is 0 Å². The fourth-order valence-corrected chi connectivity index (χ4v) is 4.03. The molecule has 2 aromatic rings. The minimum atomic E-state index is -1.17. The number of carbonyl (C=O) groups is 5. The van der Waals surface area contributed by atoms with Gasteiger partial charge in [0.25, 0.3) is 0 Å². The van der Waals surface area contributed by atoms with E-state index in [1.165, 1.54) is 11.8 Å². The molecule has 0 aliphatic heterocycles. The molecule has 3 atom stereocenters. The van der Waals surface area contributed by atoms with Crippen LogP contribution in [0, 0.1) is 5.92 Å². The molecule has 0 fully saturated rings. The molecule has 0 saturated heterocycles. The van der Waals surface area contributed by atoms with Gasteiger partial charge in [-0.15, -0.1) is 5.10 Å². The highest BCUT2D eigenvalue weighted by atomic mass is 16.6. The van der Waals surface area contributed by atoms with Gasteiger partial charge in [-0.1, -0.05) is 44.2 Å². The van der Waals surface area contributed by atoms with Crippen molar-refractivity contribution in [1.29, 1.82) is 0 Å². The number of nitrogens with two attached hydrogens (primary N) is 1. The van der Waals surface area contributed by atoms with Gasteiger partial charge in [-0.25, -0.2) is 19.7 Å². The number of tetrazole rings is 1. The van der Waals surface area contributed by atoms with Crippen LogP contribution in [0.4, 0.5) is 9.59 Å². The Balaban J connectivity index is 2.21. The van der Waals surface area contributed by atoms with Crippen molar-refractivity contribution in [2.45, 2.75) is 90.9 Å². The average molecular weight is 661 g/mol. The van der Waals surface area contributed by atoms with Crippen molar-refractivity contribution < 1.29 is 38.2 Å². The Morgan fingerprint density at radius 3 is 2.36 bits per heavy atom. The second-order valence-electron chi connectivity index (χ2n) is 11.7. The number of carbonyl (C=O) groups excluding carboxylic acids is 5. The molecule has 18 heteroatoms. The van der Waals surface area contributed by atoms with Crippen molar-refractivity contribution in [2.75, 3.05) is 7.11 Å². The van der Waals surface area contributed by atoms with E-state index in [0.29, 0.717) is 5.82 Å². The average Bonchev–Trinajstić information content (AvgIpc) is 3.42. The zero-order chi connectivity index (χ0) is 35.0. The van der Waals surface area contributed by atoms with Crippen LogP contribution in [0.1, 0.15) is 58.8 Å². The number of amides is 5. The van der Waals surface area contributed by atoms with E-state index in [1.54, 1.807) is 58.9 Å². The number of methoxy groups -OCH3 is 1. The van der Waals surface area contributed by atoms with Crippen LogP contribution in [0.15, 0.2) is 35.4 Å². The maximum absolute atomic E-state index is 13.6. The molecule has 6 N–H and O–H groups in total. The molecule has 0 aliphatic carbocycles. The summed E-state index contributed by atoms with van der Waals surface area (Å²) in [5.41, 5.74) is 7.01. The molecule has 0 radical (unpaired) electrons. The second-order valence-corrected chi connectivity index (χ2v) is 11.7. The molecular formula is C29H44N10O8. The van der Waals surface area contributed by atoms with Crippen molar-refractivity contribution in [3.05, 3.63) is 41.7 Å². The zero-order valence-electron chi connectivity index (χ0n) is 27.4. The highest BCUT2D eigenvalue weighted by molar-refractivity contribution is 5.93. The molecule has 0 bridgehead atoms. The quantitative estimate of drug-likeness (QED) is 0.0889. The first-order chi connectivity index (χ1) is 22.2. The van der Waals surface area contributed by atoms with Crippen molar-refractivity contribution in [2.24, 2.45) is 16.8 Å². The summed E-state index contributed by atoms with van der Waals surface area (Å²) in [5.74, 6) is -2.04. The number of aryl methyl sites for hydroxylation is 1. The van der Waals surface area contributed by atoms with Gasteiger partial charge >= 0.3 is 18.1 Å². The third-order valence-electron chi connectivity index (χ3n) is 6.15. The summed E-state index contributed by atoms with van der Waals surface area (Å²) >= 11 is 0. The molecule has 47 heavy (non-hydrogen) atoms. The molecule has 0 saturated carbocycles. The van der Waals surface area contributed by atoms with Gasteiger partial charge in [0.05, 0.1) is 12.5 Å². The van der Waals surface area contributed by atoms with E-state index in [-0.39, 0.29) is 32.6 Å². The Kier molecular flexibility index (Phi) is 15.2. The summed E-state index contributed by atoms with van der Waals surface area (Å²) in [7, 11) is 1.47. The maximum atomic E-state index is 13.6. The van der Waals surface area contributed by atoms with Gasteiger partial charge in [0.15, 0.2) is 5.82 Å². The number of urea groups is 1. The van der Waals surface area contributed by atoms with Crippen molar-refractivity contribution >= 4 is 36.1 Å². The largest absolute Gasteiger partial charge is 0.460 e. The number of ether oxygens (including phenoxy) is 3.